The van der Waals surface area contributed by atoms with Gasteiger partial charge in [-0.25, -0.2) is 9.59 Å². The van der Waals surface area contributed by atoms with Crippen molar-refractivity contribution in [2.75, 3.05) is 19.8 Å². The van der Waals surface area contributed by atoms with Gasteiger partial charge in [0.05, 0.1) is 5.56 Å². The first-order valence-electron chi connectivity index (χ1n) is 10.8. The van der Waals surface area contributed by atoms with Crippen molar-refractivity contribution in [2.24, 2.45) is 0 Å². The molecule has 0 aliphatic rings. The lowest BCUT2D eigenvalue weighted by Crippen LogP contribution is -2.20. The van der Waals surface area contributed by atoms with Crippen LogP contribution >= 0.6 is 15.9 Å². The summed E-state index contributed by atoms with van der Waals surface area (Å²) in [5.74, 6) is 0.619. The molecule has 0 heterocycles. The summed E-state index contributed by atoms with van der Waals surface area (Å²) in [6, 6.07) is 21.1. The lowest BCUT2D eigenvalue weighted by atomic mass is 9.86. The second-order valence-electron chi connectivity index (χ2n) is 8.48. The molecule has 0 fully saturated rings. The molecule has 3 aromatic rings. The summed E-state index contributed by atoms with van der Waals surface area (Å²) < 4.78 is 22.7. The van der Waals surface area contributed by atoms with Gasteiger partial charge in [0.1, 0.15) is 30.5 Å². The fourth-order valence-corrected chi connectivity index (χ4v) is 3.43. The number of esters is 2. The summed E-state index contributed by atoms with van der Waals surface area (Å²) in [4.78, 5) is 24.4. The molecule has 0 aliphatic heterocycles. The van der Waals surface area contributed by atoms with E-state index in [1.54, 1.807) is 0 Å². The largest absolute Gasteiger partial charge is 0.490 e. The highest BCUT2D eigenvalue weighted by Gasteiger charge is 2.20. The molecule has 0 atom stereocenters. The Bertz CT molecular complexity index is 1100. The topological polar surface area (TPSA) is 71.1 Å². The zero-order valence-electron chi connectivity index (χ0n) is 19.4. The van der Waals surface area contributed by atoms with Gasteiger partial charge in [-0.3, -0.25) is 0 Å². The molecule has 0 saturated heterocycles. The maximum Gasteiger partial charge on any atom is 0.349 e. The van der Waals surface area contributed by atoms with E-state index < -0.39 is 11.9 Å². The molecule has 0 spiro atoms. The van der Waals surface area contributed by atoms with Gasteiger partial charge in [-0.2, -0.15) is 0 Å². The number of benzene rings is 3. The zero-order chi connectivity index (χ0) is 24.6. The third kappa shape index (κ3) is 7.63. The molecule has 3 rings (SSSR count). The van der Waals surface area contributed by atoms with Gasteiger partial charge in [0.2, 0.25) is 0 Å². The average Bonchev–Trinajstić information content (AvgIpc) is 2.81. The van der Waals surface area contributed by atoms with E-state index in [4.69, 9.17) is 18.9 Å². The molecule has 7 heteroatoms. The summed E-state index contributed by atoms with van der Waals surface area (Å²) in [6.45, 7) is 6.35. The Hall–Kier alpha value is -3.32. The summed E-state index contributed by atoms with van der Waals surface area (Å²) in [6.07, 6.45) is 0. The minimum atomic E-state index is -0.545. The van der Waals surface area contributed by atoms with Crippen LogP contribution in [0.15, 0.2) is 77.3 Å². The summed E-state index contributed by atoms with van der Waals surface area (Å²) >= 11 is 3.47. The lowest BCUT2D eigenvalue weighted by molar-refractivity contribution is -0.136. The van der Waals surface area contributed by atoms with Crippen molar-refractivity contribution < 1.29 is 28.5 Å². The highest BCUT2D eigenvalue weighted by Crippen LogP contribution is 2.33. The van der Waals surface area contributed by atoms with Crippen LogP contribution in [0.25, 0.3) is 0 Å². The number of halogens is 1. The maximum absolute atomic E-state index is 12.3. The third-order valence-corrected chi connectivity index (χ3v) is 5.24. The molecule has 0 bridgehead atoms. The Balaban J connectivity index is 1.46. The van der Waals surface area contributed by atoms with E-state index in [1.807, 2.05) is 48.5 Å². The molecule has 0 saturated carbocycles. The van der Waals surface area contributed by atoms with E-state index in [2.05, 4.69) is 36.7 Å². The Kier molecular flexibility index (Phi) is 8.71. The normalized spacial score (nSPS) is 10.9. The average molecular weight is 527 g/mol. The van der Waals surface area contributed by atoms with Crippen molar-refractivity contribution in [1.29, 1.82) is 0 Å². The molecular formula is C27H27BrO6. The molecule has 6 nitrogen and oxygen atoms in total. The summed E-state index contributed by atoms with van der Waals surface area (Å²) in [5, 5.41) is 0. The number of carbonyl (C=O) groups is 2. The monoisotopic (exact) mass is 526 g/mol. The van der Waals surface area contributed by atoms with Crippen molar-refractivity contribution in [3.05, 3.63) is 88.4 Å². The summed E-state index contributed by atoms with van der Waals surface area (Å²) in [5.41, 5.74) is 1.17. The van der Waals surface area contributed by atoms with Crippen LogP contribution in [0.1, 0.15) is 36.7 Å². The standard InChI is InChI=1S/C27H27BrO6/c1-27(2,3)23-17-20(28)11-14-24(23)33-18-25(29)34-22-12-9-19(10-13-22)26(30)32-16-15-31-21-7-5-4-6-8-21/h4-14,17H,15-16,18H2,1-3H3. The number of hydrogen-bond donors (Lipinski definition) is 0. The van der Waals surface area contributed by atoms with Crippen molar-refractivity contribution in [3.63, 3.8) is 0 Å². The zero-order valence-corrected chi connectivity index (χ0v) is 21.0. The number of rotatable bonds is 9. The van der Waals surface area contributed by atoms with Crippen molar-refractivity contribution in [2.45, 2.75) is 26.2 Å². The molecule has 34 heavy (non-hydrogen) atoms. The quantitative estimate of drug-likeness (QED) is 0.194. The predicted octanol–water partition coefficient (Wildman–Crippen LogP) is 5.97. The number of carbonyl (C=O) groups excluding carboxylic acids is 2. The van der Waals surface area contributed by atoms with Crippen LogP contribution in [0.4, 0.5) is 0 Å². The van der Waals surface area contributed by atoms with Gasteiger partial charge >= 0.3 is 11.9 Å². The van der Waals surface area contributed by atoms with Crippen molar-refractivity contribution >= 4 is 27.9 Å². The van der Waals surface area contributed by atoms with E-state index in [-0.39, 0.29) is 25.2 Å². The number of ether oxygens (including phenoxy) is 4. The molecule has 3 aromatic carbocycles. The van der Waals surface area contributed by atoms with Gasteiger partial charge in [-0.1, -0.05) is 54.9 Å². The number of para-hydroxylation sites is 1. The minimum absolute atomic E-state index is 0.119. The van der Waals surface area contributed by atoms with Crippen molar-refractivity contribution in [3.8, 4) is 17.2 Å². The molecule has 0 radical (unpaired) electrons. The Morgan fingerprint density at radius 2 is 1.53 bits per heavy atom. The van der Waals surface area contributed by atoms with Gasteiger partial charge in [0, 0.05) is 10.0 Å². The first-order chi connectivity index (χ1) is 16.2. The molecular weight excluding hydrogens is 500 g/mol. The fourth-order valence-electron chi connectivity index (χ4n) is 3.06. The van der Waals surface area contributed by atoms with Crippen LogP contribution < -0.4 is 14.2 Å². The van der Waals surface area contributed by atoms with Crippen LogP contribution in [0, 0.1) is 0 Å². The van der Waals surface area contributed by atoms with Gasteiger partial charge in [-0.15, -0.1) is 0 Å². The van der Waals surface area contributed by atoms with Gasteiger partial charge < -0.3 is 18.9 Å². The first kappa shape index (κ1) is 25.3. The first-order valence-corrected chi connectivity index (χ1v) is 11.6. The Labute approximate surface area is 207 Å². The second kappa shape index (κ2) is 11.7. The third-order valence-electron chi connectivity index (χ3n) is 4.75. The maximum atomic E-state index is 12.3. The van der Waals surface area contributed by atoms with Gasteiger partial charge in [0.25, 0.3) is 0 Å². The van der Waals surface area contributed by atoms with E-state index in [0.717, 1.165) is 10.0 Å². The van der Waals surface area contributed by atoms with Crippen LogP contribution in [-0.4, -0.2) is 31.8 Å². The van der Waals surface area contributed by atoms with E-state index >= 15 is 0 Å². The van der Waals surface area contributed by atoms with E-state index in [1.165, 1.54) is 24.3 Å². The second-order valence-corrected chi connectivity index (χ2v) is 9.39. The number of hydrogen-bond acceptors (Lipinski definition) is 6. The van der Waals surface area contributed by atoms with E-state index in [0.29, 0.717) is 22.8 Å². The van der Waals surface area contributed by atoms with Gasteiger partial charge in [0.15, 0.2) is 6.61 Å². The molecule has 178 valence electrons. The lowest BCUT2D eigenvalue weighted by Gasteiger charge is -2.23. The Morgan fingerprint density at radius 3 is 2.21 bits per heavy atom. The highest BCUT2D eigenvalue weighted by molar-refractivity contribution is 9.10. The van der Waals surface area contributed by atoms with Crippen LogP contribution in [-0.2, 0) is 14.9 Å². The SMILES string of the molecule is CC(C)(C)c1cc(Br)ccc1OCC(=O)Oc1ccc(C(=O)OCCOc2ccccc2)cc1. The molecule has 0 amide bonds. The smallest absolute Gasteiger partial charge is 0.349 e. The molecule has 0 aliphatic carbocycles. The van der Waals surface area contributed by atoms with Crippen LogP contribution in [0.5, 0.6) is 17.2 Å². The van der Waals surface area contributed by atoms with Crippen LogP contribution in [0.3, 0.4) is 0 Å². The van der Waals surface area contributed by atoms with Gasteiger partial charge in [-0.05, 0) is 60.0 Å². The predicted molar refractivity (Wildman–Crippen MR) is 133 cm³/mol. The van der Waals surface area contributed by atoms with E-state index in [9.17, 15) is 9.59 Å². The highest BCUT2D eigenvalue weighted by atomic mass is 79.9. The molecule has 0 unspecified atom stereocenters. The minimum Gasteiger partial charge on any atom is -0.490 e. The molecule has 0 aromatic heterocycles. The summed E-state index contributed by atoms with van der Waals surface area (Å²) in [7, 11) is 0. The van der Waals surface area contributed by atoms with Crippen LogP contribution in [0.2, 0.25) is 0 Å². The van der Waals surface area contributed by atoms with Crippen molar-refractivity contribution in [1.82, 2.24) is 0 Å². The fraction of sp³-hybridized carbons (Fsp3) is 0.259. The Morgan fingerprint density at radius 1 is 0.824 bits per heavy atom. The molecule has 0 N–H and O–H groups in total.